The van der Waals surface area contributed by atoms with Crippen LogP contribution in [0.15, 0.2) is 46.9 Å². The largest absolute Gasteiger partial charge is 0.393 e. The molecule has 2 aromatic carbocycles. The van der Waals surface area contributed by atoms with Gasteiger partial charge in [0.25, 0.3) is 5.91 Å². The molecule has 0 aliphatic heterocycles. The van der Waals surface area contributed by atoms with Crippen molar-refractivity contribution in [2.75, 3.05) is 5.32 Å². The molecule has 0 fully saturated rings. The Bertz CT molecular complexity index is 683. The fraction of sp³-hybridized carbons (Fsp3) is 0.125. The van der Waals surface area contributed by atoms with Gasteiger partial charge in [-0.25, -0.2) is 0 Å². The van der Waals surface area contributed by atoms with Gasteiger partial charge in [0.05, 0.1) is 4.99 Å². The van der Waals surface area contributed by atoms with Crippen molar-refractivity contribution >= 4 is 44.7 Å². The highest BCUT2D eigenvalue weighted by atomic mass is 79.9. The van der Waals surface area contributed by atoms with E-state index < -0.39 is 0 Å². The van der Waals surface area contributed by atoms with E-state index in [9.17, 15) is 4.79 Å². The molecule has 108 valence electrons. The zero-order valence-electron chi connectivity index (χ0n) is 11.5. The molecule has 0 saturated carbocycles. The number of nitrogens with one attached hydrogen (secondary N) is 1. The third-order valence-corrected chi connectivity index (χ3v) is 4.02. The minimum atomic E-state index is -0.141. The van der Waals surface area contributed by atoms with Crippen LogP contribution in [-0.4, -0.2) is 10.9 Å². The van der Waals surface area contributed by atoms with E-state index in [4.69, 9.17) is 18.0 Å². The van der Waals surface area contributed by atoms with Crippen molar-refractivity contribution in [3.05, 3.63) is 63.6 Å². The molecular formula is C16H15BrN2OS. The molecule has 0 aromatic heterocycles. The number of thiocarbonyl (C=S) groups is 1. The summed E-state index contributed by atoms with van der Waals surface area (Å²) >= 11 is 8.30. The molecule has 0 heterocycles. The van der Waals surface area contributed by atoms with Crippen LogP contribution in [0, 0.1) is 6.92 Å². The molecule has 0 unspecified atom stereocenters. The molecule has 2 rings (SSSR count). The summed E-state index contributed by atoms with van der Waals surface area (Å²) in [4.78, 5) is 12.6. The van der Waals surface area contributed by atoms with Crippen molar-refractivity contribution in [2.24, 2.45) is 5.73 Å². The molecule has 21 heavy (non-hydrogen) atoms. The third kappa shape index (κ3) is 4.37. The van der Waals surface area contributed by atoms with Gasteiger partial charge in [-0.2, -0.15) is 0 Å². The summed E-state index contributed by atoms with van der Waals surface area (Å²) in [7, 11) is 0. The molecule has 0 bridgehead atoms. The Kier molecular flexibility index (Phi) is 5.09. The molecule has 2 aromatic rings. The number of anilines is 1. The van der Waals surface area contributed by atoms with Crippen LogP contribution in [0.4, 0.5) is 5.69 Å². The number of carbonyl (C=O) groups is 1. The number of hydrogen-bond acceptors (Lipinski definition) is 2. The number of hydrogen-bond donors (Lipinski definition) is 2. The van der Waals surface area contributed by atoms with Gasteiger partial charge < -0.3 is 11.1 Å². The summed E-state index contributed by atoms with van der Waals surface area (Å²) in [6.07, 6.45) is 0.564. The van der Waals surface area contributed by atoms with Gasteiger partial charge in [-0.1, -0.05) is 46.3 Å². The quantitative estimate of drug-likeness (QED) is 0.812. The standard InChI is InChI=1S/C16H15BrN2OS/c1-10-2-5-12(9-14(10)17)16(20)19-13-6-3-11(4-7-13)8-15(18)21/h2-7,9H,8H2,1H3,(H2,18,21)(H,19,20). The van der Waals surface area contributed by atoms with Crippen molar-refractivity contribution < 1.29 is 4.79 Å². The predicted octanol–water partition coefficient (Wildman–Crippen LogP) is 3.84. The van der Waals surface area contributed by atoms with Crippen molar-refractivity contribution in [3.8, 4) is 0 Å². The maximum Gasteiger partial charge on any atom is 0.255 e. The average molecular weight is 363 g/mol. The average Bonchev–Trinajstić information content (AvgIpc) is 2.43. The van der Waals surface area contributed by atoms with Crippen LogP contribution < -0.4 is 11.1 Å². The number of amides is 1. The number of carbonyl (C=O) groups excluding carboxylic acids is 1. The summed E-state index contributed by atoms with van der Waals surface area (Å²) in [5, 5.41) is 2.86. The van der Waals surface area contributed by atoms with Crippen LogP contribution in [0.2, 0.25) is 0 Å². The lowest BCUT2D eigenvalue weighted by Gasteiger charge is -2.07. The van der Waals surface area contributed by atoms with E-state index in [1.807, 2.05) is 43.3 Å². The van der Waals surface area contributed by atoms with Gasteiger partial charge in [-0.3, -0.25) is 4.79 Å². The Morgan fingerprint density at radius 3 is 2.48 bits per heavy atom. The number of halogens is 1. The van der Waals surface area contributed by atoms with Crippen LogP contribution in [0.25, 0.3) is 0 Å². The van der Waals surface area contributed by atoms with Gasteiger partial charge in [0.15, 0.2) is 0 Å². The SMILES string of the molecule is Cc1ccc(C(=O)Nc2ccc(CC(N)=S)cc2)cc1Br. The molecule has 1 amide bonds. The van der Waals surface area contributed by atoms with Gasteiger partial charge in [-0.05, 0) is 42.3 Å². The first-order valence-electron chi connectivity index (χ1n) is 6.40. The van der Waals surface area contributed by atoms with Crippen LogP contribution in [0.5, 0.6) is 0 Å². The van der Waals surface area contributed by atoms with Gasteiger partial charge in [-0.15, -0.1) is 0 Å². The minimum Gasteiger partial charge on any atom is -0.393 e. The van der Waals surface area contributed by atoms with Crippen LogP contribution in [0.3, 0.4) is 0 Å². The molecule has 0 atom stereocenters. The van der Waals surface area contributed by atoms with Crippen LogP contribution >= 0.6 is 28.1 Å². The van der Waals surface area contributed by atoms with Crippen LogP contribution in [-0.2, 0) is 6.42 Å². The highest BCUT2D eigenvalue weighted by Gasteiger charge is 2.07. The minimum absolute atomic E-state index is 0.141. The Labute approximate surface area is 137 Å². The molecule has 3 nitrogen and oxygen atoms in total. The lowest BCUT2D eigenvalue weighted by molar-refractivity contribution is 0.102. The van der Waals surface area contributed by atoms with E-state index in [-0.39, 0.29) is 5.91 Å². The molecule has 0 saturated heterocycles. The molecule has 0 aliphatic rings. The number of benzene rings is 2. The predicted molar refractivity (Wildman–Crippen MR) is 93.8 cm³/mol. The number of nitrogens with two attached hydrogens (primary N) is 1. The molecule has 3 N–H and O–H groups in total. The maximum atomic E-state index is 12.2. The van der Waals surface area contributed by atoms with Gasteiger partial charge in [0, 0.05) is 22.1 Å². The fourth-order valence-corrected chi connectivity index (χ4v) is 2.39. The van der Waals surface area contributed by atoms with Crippen molar-refractivity contribution in [2.45, 2.75) is 13.3 Å². The second-order valence-corrected chi connectivity index (χ2v) is 6.14. The van der Waals surface area contributed by atoms with Gasteiger partial charge in [0.2, 0.25) is 0 Å². The second kappa shape index (κ2) is 6.83. The van der Waals surface area contributed by atoms with E-state index >= 15 is 0 Å². The van der Waals surface area contributed by atoms with Crippen molar-refractivity contribution in [1.29, 1.82) is 0 Å². The Hall–Kier alpha value is -1.72. The van der Waals surface area contributed by atoms with Gasteiger partial charge >= 0.3 is 0 Å². The molecule has 0 radical (unpaired) electrons. The molecule has 0 spiro atoms. The highest BCUT2D eigenvalue weighted by Crippen LogP contribution is 2.19. The summed E-state index contributed by atoms with van der Waals surface area (Å²) in [5.41, 5.74) is 8.97. The van der Waals surface area contributed by atoms with E-state index in [1.165, 1.54) is 0 Å². The zero-order valence-corrected chi connectivity index (χ0v) is 13.9. The fourth-order valence-electron chi connectivity index (χ4n) is 1.84. The third-order valence-electron chi connectivity index (χ3n) is 3.02. The topological polar surface area (TPSA) is 55.1 Å². The van der Waals surface area contributed by atoms with Crippen molar-refractivity contribution in [1.82, 2.24) is 0 Å². The highest BCUT2D eigenvalue weighted by molar-refractivity contribution is 9.10. The monoisotopic (exact) mass is 362 g/mol. The van der Waals surface area contributed by atoms with Crippen molar-refractivity contribution in [3.63, 3.8) is 0 Å². The normalized spacial score (nSPS) is 10.2. The first kappa shape index (κ1) is 15.7. The Morgan fingerprint density at radius 2 is 1.90 bits per heavy atom. The first-order valence-corrected chi connectivity index (χ1v) is 7.60. The maximum absolute atomic E-state index is 12.2. The summed E-state index contributed by atoms with van der Waals surface area (Å²) in [5.74, 6) is -0.141. The van der Waals surface area contributed by atoms with E-state index in [0.29, 0.717) is 17.0 Å². The Morgan fingerprint density at radius 1 is 1.24 bits per heavy atom. The number of rotatable bonds is 4. The number of aryl methyl sites for hydroxylation is 1. The smallest absolute Gasteiger partial charge is 0.255 e. The van der Waals surface area contributed by atoms with E-state index in [1.54, 1.807) is 6.07 Å². The zero-order chi connectivity index (χ0) is 15.4. The second-order valence-electron chi connectivity index (χ2n) is 4.76. The molecular weight excluding hydrogens is 348 g/mol. The lowest BCUT2D eigenvalue weighted by atomic mass is 10.1. The molecule has 0 aliphatic carbocycles. The molecule has 5 heteroatoms. The summed E-state index contributed by atoms with van der Waals surface area (Å²) < 4.78 is 0.918. The summed E-state index contributed by atoms with van der Waals surface area (Å²) in [6, 6.07) is 13.0. The van der Waals surface area contributed by atoms with Crippen LogP contribution in [0.1, 0.15) is 21.5 Å². The lowest BCUT2D eigenvalue weighted by Crippen LogP contribution is -2.13. The van der Waals surface area contributed by atoms with E-state index in [0.717, 1.165) is 21.3 Å². The Balaban J connectivity index is 2.08. The first-order chi connectivity index (χ1) is 9.95. The van der Waals surface area contributed by atoms with Gasteiger partial charge in [0.1, 0.15) is 0 Å². The van der Waals surface area contributed by atoms with E-state index in [2.05, 4.69) is 21.2 Å². The summed E-state index contributed by atoms with van der Waals surface area (Å²) in [6.45, 7) is 1.98.